The van der Waals surface area contributed by atoms with Crippen LogP contribution in [0.3, 0.4) is 0 Å². The second kappa shape index (κ2) is 13.7. The molecule has 0 radical (unpaired) electrons. The summed E-state index contributed by atoms with van der Waals surface area (Å²) >= 11 is 0. The molecule has 3 aromatic heterocycles. The molecule has 1 N–H and O–H groups in total. The average Bonchev–Trinajstić information content (AvgIpc) is 3.27. The summed E-state index contributed by atoms with van der Waals surface area (Å²) in [6.45, 7) is 12.0. The molecule has 0 bridgehead atoms. The molecule has 0 saturated carbocycles. The lowest BCUT2D eigenvalue weighted by atomic mass is 10.0. The van der Waals surface area contributed by atoms with Crippen molar-refractivity contribution in [3.8, 4) is 28.3 Å². The molecule has 6 heteroatoms. The molecular weight excluding hydrogens is 386 g/mol. The Morgan fingerprint density at radius 2 is 1.55 bits per heavy atom. The number of rotatable bonds is 4. The van der Waals surface area contributed by atoms with Crippen LogP contribution in [-0.2, 0) is 0 Å². The number of anilines is 1. The Balaban J connectivity index is 0.000000739. The van der Waals surface area contributed by atoms with E-state index in [-0.39, 0.29) is 0 Å². The zero-order valence-corrected chi connectivity index (χ0v) is 20.0. The number of hydrogen-bond acceptors (Lipinski definition) is 5. The first-order chi connectivity index (χ1) is 15.3. The number of ether oxygens (including phenoxy) is 1. The van der Waals surface area contributed by atoms with Crippen molar-refractivity contribution in [3.05, 3.63) is 60.9 Å². The molecule has 0 atom stereocenters. The van der Waals surface area contributed by atoms with Gasteiger partial charge in [-0.05, 0) is 42.5 Å². The smallest absolute Gasteiger partial charge is 0.222 e. The van der Waals surface area contributed by atoms with Crippen molar-refractivity contribution in [2.24, 2.45) is 0 Å². The van der Waals surface area contributed by atoms with Crippen LogP contribution in [0.15, 0.2) is 60.9 Å². The van der Waals surface area contributed by atoms with E-state index >= 15 is 0 Å². The second-order valence-electron chi connectivity index (χ2n) is 5.50. The van der Waals surface area contributed by atoms with Crippen LogP contribution >= 0.6 is 0 Å². The number of hydrogen-bond donors (Lipinski definition) is 1. The van der Waals surface area contributed by atoms with E-state index in [1.807, 2.05) is 101 Å². The molecule has 6 nitrogen and oxygen atoms in total. The molecule has 1 aromatic carbocycles. The van der Waals surface area contributed by atoms with E-state index in [9.17, 15) is 0 Å². The highest BCUT2D eigenvalue weighted by Gasteiger charge is 2.17. The van der Waals surface area contributed by atoms with Gasteiger partial charge in [-0.2, -0.15) is 5.10 Å². The monoisotopic (exact) mass is 421 g/mol. The Morgan fingerprint density at radius 3 is 2.16 bits per heavy atom. The molecule has 3 heterocycles. The maximum Gasteiger partial charge on any atom is 0.222 e. The lowest BCUT2D eigenvalue weighted by Crippen LogP contribution is -1.97. The maximum atomic E-state index is 5.25. The molecule has 0 spiro atoms. The van der Waals surface area contributed by atoms with Crippen molar-refractivity contribution in [1.29, 1.82) is 0 Å². The fourth-order valence-corrected chi connectivity index (χ4v) is 2.82. The van der Waals surface area contributed by atoms with Crippen LogP contribution in [0.4, 0.5) is 5.95 Å². The van der Waals surface area contributed by atoms with Gasteiger partial charge < -0.3 is 10.1 Å². The molecule has 0 saturated heterocycles. The van der Waals surface area contributed by atoms with Gasteiger partial charge >= 0.3 is 0 Å². The second-order valence-corrected chi connectivity index (χ2v) is 5.50. The van der Waals surface area contributed by atoms with Gasteiger partial charge in [0.25, 0.3) is 0 Å². The molecule has 0 aliphatic carbocycles. The average molecular weight is 422 g/mol. The van der Waals surface area contributed by atoms with E-state index in [0.717, 1.165) is 33.8 Å². The Hall–Kier alpha value is -3.41. The third kappa shape index (κ3) is 6.04. The first-order valence-corrected chi connectivity index (χ1v) is 10.9. The van der Waals surface area contributed by atoms with E-state index in [2.05, 4.69) is 15.3 Å². The molecular formula is C25H35N5O. The highest BCUT2D eigenvalue weighted by molar-refractivity contribution is 5.91. The van der Waals surface area contributed by atoms with Crippen molar-refractivity contribution in [2.75, 3.05) is 19.5 Å². The standard InChI is InChI=1S/C19H17N5O.3C2H6/c1-20-19-21-11-10-15(22-19)17-16-5-3-4-12-24(16)23-18(17)13-6-8-14(25-2)9-7-13;3*1-2/h3-12H,1-2H3,(H,20,21,22);3*1-2H3. The van der Waals surface area contributed by atoms with Crippen molar-refractivity contribution in [2.45, 2.75) is 41.5 Å². The minimum Gasteiger partial charge on any atom is -0.497 e. The van der Waals surface area contributed by atoms with Gasteiger partial charge in [0.1, 0.15) is 11.4 Å². The minimum absolute atomic E-state index is 0.577. The van der Waals surface area contributed by atoms with Crippen LogP contribution in [0, 0.1) is 0 Å². The molecule has 0 amide bonds. The summed E-state index contributed by atoms with van der Waals surface area (Å²) in [4.78, 5) is 8.81. The van der Waals surface area contributed by atoms with E-state index < -0.39 is 0 Å². The van der Waals surface area contributed by atoms with Gasteiger partial charge in [0, 0.05) is 25.0 Å². The number of methoxy groups -OCH3 is 1. The normalized spacial score (nSPS) is 9.29. The quantitative estimate of drug-likeness (QED) is 0.403. The first kappa shape index (κ1) is 25.6. The molecule has 4 rings (SSSR count). The zero-order valence-electron chi connectivity index (χ0n) is 20.0. The number of nitrogens with one attached hydrogen (secondary N) is 1. The van der Waals surface area contributed by atoms with Crippen molar-refractivity contribution in [3.63, 3.8) is 0 Å². The van der Waals surface area contributed by atoms with E-state index in [1.165, 1.54) is 0 Å². The summed E-state index contributed by atoms with van der Waals surface area (Å²) in [6, 6.07) is 15.8. The van der Waals surface area contributed by atoms with E-state index in [0.29, 0.717) is 5.95 Å². The largest absolute Gasteiger partial charge is 0.497 e. The van der Waals surface area contributed by atoms with E-state index in [4.69, 9.17) is 9.84 Å². The summed E-state index contributed by atoms with van der Waals surface area (Å²) in [6.07, 6.45) is 3.68. The summed E-state index contributed by atoms with van der Waals surface area (Å²) < 4.78 is 7.13. The Kier molecular flexibility index (Phi) is 11.4. The van der Waals surface area contributed by atoms with Crippen LogP contribution in [0.25, 0.3) is 28.0 Å². The fourth-order valence-electron chi connectivity index (χ4n) is 2.82. The van der Waals surface area contributed by atoms with E-state index in [1.54, 1.807) is 20.4 Å². The summed E-state index contributed by atoms with van der Waals surface area (Å²) in [5, 5.41) is 7.75. The number of pyridine rings is 1. The van der Waals surface area contributed by atoms with Crippen LogP contribution < -0.4 is 10.1 Å². The Labute approximate surface area is 186 Å². The topological polar surface area (TPSA) is 64.3 Å². The summed E-state index contributed by atoms with van der Waals surface area (Å²) in [5.74, 6) is 1.39. The SMILES string of the molecule is CC.CC.CC.CNc1nccc(-c2c(-c3ccc(OC)cc3)nn3ccccc23)n1. The van der Waals surface area contributed by atoms with Crippen LogP contribution in [0.5, 0.6) is 5.75 Å². The van der Waals surface area contributed by atoms with Gasteiger partial charge in [-0.1, -0.05) is 47.6 Å². The lowest BCUT2D eigenvalue weighted by Gasteiger charge is -2.06. The predicted octanol–water partition coefficient (Wildman–Crippen LogP) is 6.59. The fraction of sp³-hybridized carbons (Fsp3) is 0.320. The van der Waals surface area contributed by atoms with Crippen molar-refractivity contribution in [1.82, 2.24) is 19.6 Å². The van der Waals surface area contributed by atoms with Crippen LogP contribution in [0.2, 0.25) is 0 Å². The summed E-state index contributed by atoms with van der Waals surface area (Å²) in [7, 11) is 3.46. The molecule has 0 aliphatic heterocycles. The molecule has 0 fully saturated rings. The highest BCUT2D eigenvalue weighted by Crippen LogP contribution is 2.34. The third-order valence-electron chi connectivity index (χ3n) is 4.04. The highest BCUT2D eigenvalue weighted by atomic mass is 16.5. The maximum absolute atomic E-state index is 5.25. The number of fused-ring (bicyclic) bond motifs is 1. The molecule has 0 unspecified atom stereocenters. The predicted molar refractivity (Wildman–Crippen MR) is 132 cm³/mol. The van der Waals surface area contributed by atoms with Gasteiger partial charge in [-0.25, -0.2) is 14.5 Å². The van der Waals surface area contributed by atoms with Crippen molar-refractivity contribution < 1.29 is 4.74 Å². The zero-order chi connectivity index (χ0) is 23.2. The number of benzene rings is 1. The molecule has 31 heavy (non-hydrogen) atoms. The van der Waals surface area contributed by atoms with Gasteiger partial charge in [0.2, 0.25) is 5.95 Å². The first-order valence-electron chi connectivity index (χ1n) is 10.9. The summed E-state index contributed by atoms with van der Waals surface area (Å²) in [5.41, 5.74) is 4.67. The van der Waals surface area contributed by atoms with Crippen molar-refractivity contribution >= 4 is 11.5 Å². The Bertz CT molecular complexity index is 1030. The third-order valence-corrected chi connectivity index (χ3v) is 4.04. The lowest BCUT2D eigenvalue weighted by molar-refractivity contribution is 0.415. The van der Waals surface area contributed by atoms with Gasteiger partial charge in [-0.3, -0.25) is 0 Å². The van der Waals surface area contributed by atoms with Gasteiger partial charge in [0.15, 0.2) is 0 Å². The number of aromatic nitrogens is 4. The number of nitrogens with zero attached hydrogens (tertiary/aromatic N) is 4. The Morgan fingerprint density at radius 1 is 0.871 bits per heavy atom. The van der Waals surface area contributed by atoms with Gasteiger partial charge in [0.05, 0.1) is 23.9 Å². The van der Waals surface area contributed by atoms with Crippen LogP contribution in [-0.4, -0.2) is 33.7 Å². The molecule has 166 valence electrons. The minimum atomic E-state index is 0.577. The van der Waals surface area contributed by atoms with Crippen LogP contribution in [0.1, 0.15) is 41.5 Å². The molecule has 0 aliphatic rings. The molecule has 4 aromatic rings. The van der Waals surface area contributed by atoms with Gasteiger partial charge in [-0.15, -0.1) is 0 Å².